The summed E-state index contributed by atoms with van der Waals surface area (Å²) >= 11 is 0. The quantitative estimate of drug-likeness (QED) is 0.768. The first kappa shape index (κ1) is 27.7. The molecule has 0 amide bonds. The smallest absolute Gasteiger partial charge is 0.0402 e. The van der Waals surface area contributed by atoms with E-state index in [-0.39, 0.29) is 6.61 Å². The van der Waals surface area contributed by atoms with Crippen LogP contribution in [0.2, 0.25) is 0 Å². The highest BCUT2D eigenvalue weighted by molar-refractivity contribution is 4.62. The van der Waals surface area contributed by atoms with Gasteiger partial charge >= 0.3 is 0 Å². The lowest BCUT2D eigenvalue weighted by molar-refractivity contribution is 0.240. The van der Waals surface area contributed by atoms with E-state index in [1.54, 1.807) is 6.92 Å². The summed E-state index contributed by atoms with van der Waals surface area (Å²) in [5.74, 6) is 0. The number of aliphatic hydroxyl groups is 1. The Labute approximate surface area is 148 Å². The van der Waals surface area contributed by atoms with E-state index < -0.39 is 0 Å². The van der Waals surface area contributed by atoms with E-state index in [0.29, 0.717) is 0 Å². The fraction of sp³-hybridized carbons (Fsp3) is 1.00. The number of hydrogen-bond acceptors (Lipinski definition) is 3. The average molecular weight is 333 g/mol. The van der Waals surface area contributed by atoms with Crippen LogP contribution in [0.4, 0.5) is 0 Å². The molecule has 0 aromatic rings. The Morgan fingerprint density at radius 2 is 0.783 bits per heavy atom. The normalized spacial score (nSPS) is 17.7. The van der Waals surface area contributed by atoms with Crippen molar-refractivity contribution >= 4 is 0 Å². The van der Waals surface area contributed by atoms with Gasteiger partial charge in [-0.25, -0.2) is 0 Å². The first-order valence-electron chi connectivity index (χ1n) is 10.3. The molecule has 2 saturated heterocycles. The molecule has 2 heterocycles. The second-order valence-corrected chi connectivity index (χ2v) is 5.31. The molecule has 3 nitrogen and oxygen atoms in total. The molecule has 0 unspecified atom stereocenters. The van der Waals surface area contributed by atoms with E-state index in [4.69, 9.17) is 5.11 Å². The van der Waals surface area contributed by atoms with Gasteiger partial charge in [0, 0.05) is 6.61 Å². The van der Waals surface area contributed by atoms with E-state index in [9.17, 15) is 0 Å². The number of piperidine rings is 2. The lowest BCUT2D eigenvalue weighted by Crippen LogP contribution is -2.29. The van der Waals surface area contributed by atoms with E-state index in [0.717, 1.165) is 0 Å². The second kappa shape index (κ2) is 26.8. The van der Waals surface area contributed by atoms with Crippen molar-refractivity contribution in [2.45, 2.75) is 87.0 Å². The summed E-state index contributed by atoms with van der Waals surface area (Å²) in [6, 6.07) is 0. The van der Waals surface area contributed by atoms with Crippen LogP contribution < -0.4 is 0 Å². The molecule has 1 N–H and O–H groups in total. The molecule has 2 fully saturated rings. The van der Waals surface area contributed by atoms with Crippen molar-refractivity contribution in [2.24, 2.45) is 0 Å². The molecule has 0 spiro atoms. The fourth-order valence-electron chi connectivity index (χ4n) is 2.55. The summed E-state index contributed by atoms with van der Waals surface area (Å²) in [5.41, 5.74) is 0. The van der Waals surface area contributed by atoms with Crippen LogP contribution in [-0.4, -0.2) is 60.8 Å². The predicted molar refractivity (Wildman–Crippen MR) is 107 cm³/mol. The monoisotopic (exact) mass is 332 g/mol. The molecule has 0 saturated carbocycles. The van der Waals surface area contributed by atoms with Gasteiger partial charge in [0.05, 0.1) is 0 Å². The third kappa shape index (κ3) is 21.9. The van der Waals surface area contributed by atoms with E-state index >= 15 is 0 Å². The van der Waals surface area contributed by atoms with Gasteiger partial charge < -0.3 is 14.9 Å². The highest BCUT2D eigenvalue weighted by atomic mass is 16.2. The molecule has 0 atom stereocenters. The molecule has 2 aliphatic rings. The molecule has 0 aliphatic carbocycles. The summed E-state index contributed by atoms with van der Waals surface area (Å²) in [6.45, 7) is 22.3. The third-order valence-corrected chi connectivity index (χ3v) is 3.79. The van der Waals surface area contributed by atoms with Crippen LogP contribution in [0.3, 0.4) is 0 Å². The van der Waals surface area contributed by atoms with Crippen LogP contribution in [0.5, 0.6) is 0 Å². The van der Waals surface area contributed by atoms with E-state index in [1.807, 2.05) is 27.7 Å². The summed E-state index contributed by atoms with van der Waals surface area (Å²) in [6.07, 6.45) is 8.61. The second-order valence-electron chi connectivity index (χ2n) is 5.31. The van der Waals surface area contributed by atoms with Crippen molar-refractivity contribution in [3.8, 4) is 0 Å². The number of nitrogens with zero attached hydrogens (tertiary/aromatic N) is 2. The minimum absolute atomic E-state index is 0.250. The zero-order chi connectivity index (χ0) is 18.3. The Kier molecular flexibility index (Phi) is 32.2. The summed E-state index contributed by atoms with van der Waals surface area (Å²) in [7, 11) is 0. The number of aliphatic hydroxyl groups excluding tert-OH is 1. The first-order chi connectivity index (χ1) is 11.3. The van der Waals surface area contributed by atoms with E-state index in [2.05, 4.69) is 23.6 Å². The number of likely N-dealkylation sites (tertiary alicyclic amines) is 2. The summed E-state index contributed by atoms with van der Waals surface area (Å²) in [4.78, 5) is 5.03. The van der Waals surface area contributed by atoms with Crippen LogP contribution >= 0.6 is 0 Å². The predicted octanol–water partition coefficient (Wildman–Crippen LogP) is 5.04. The molecule has 0 bridgehead atoms. The third-order valence-electron chi connectivity index (χ3n) is 3.79. The van der Waals surface area contributed by atoms with Crippen molar-refractivity contribution in [1.82, 2.24) is 9.80 Å². The summed E-state index contributed by atoms with van der Waals surface area (Å²) in [5, 5.41) is 7.57. The Morgan fingerprint density at radius 1 is 0.565 bits per heavy atom. The standard InChI is InChI=1S/2C7H15N.C2H6O.2C2H6/c2*1-2-8-6-4-3-5-7-8;1-2-3;2*1-2/h2*2-7H2,1H3;3H,2H2,1H3;2*1-2H3. The molecule has 144 valence electrons. The van der Waals surface area contributed by atoms with Crippen LogP contribution in [0.1, 0.15) is 87.0 Å². The van der Waals surface area contributed by atoms with Crippen molar-refractivity contribution in [1.29, 1.82) is 0 Å². The van der Waals surface area contributed by atoms with Crippen molar-refractivity contribution in [3.05, 3.63) is 0 Å². The van der Waals surface area contributed by atoms with Gasteiger partial charge in [-0.05, 0) is 71.9 Å². The zero-order valence-electron chi connectivity index (χ0n) is 17.5. The molecule has 2 rings (SSSR count). The molecule has 3 heteroatoms. The maximum absolute atomic E-state index is 7.57. The van der Waals surface area contributed by atoms with Gasteiger partial charge in [0.2, 0.25) is 0 Å². The average Bonchev–Trinajstić information content (AvgIpc) is 2.67. The van der Waals surface area contributed by atoms with Gasteiger partial charge in [0.1, 0.15) is 0 Å². The lowest BCUT2D eigenvalue weighted by atomic mass is 10.1. The number of rotatable bonds is 2. The van der Waals surface area contributed by atoms with Gasteiger partial charge in [0.25, 0.3) is 0 Å². The lowest BCUT2D eigenvalue weighted by Gasteiger charge is -2.24. The highest BCUT2D eigenvalue weighted by Gasteiger charge is 2.06. The summed E-state index contributed by atoms with van der Waals surface area (Å²) < 4.78 is 0. The molecule has 0 radical (unpaired) electrons. The molecular formula is C20H48N2O. The first-order valence-corrected chi connectivity index (χ1v) is 10.3. The molecule has 23 heavy (non-hydrogen) atoms. The van der Waals surface area contributed by atoms with Crippen molar-refractivity contribution < 1.29 is 5.11 Å². The SMILES string of the molecule is CC.CC.CCN1CCCCC1.CCN1CCCCC1.CCO. The molecule has 0 aromatic carbocycles. The van der Waals surface area contributed by atoms with Gasteiger partial charge in [-0.2, -0.15) is 0 Å². The van der Waals surface area contributed by atoms with Gasteiger partial charge in [0.15, 0.2) is 0 Å². The topological polar surface area (TPSA) is 26.7 Å². The Balaban J connectivity index is -0.000000252. The van der Waals surface area contributed by atoms with Crippen molar-refractivity contribution in [2.75, 3.05) is 45.9 Å². The van der Waals surface area contributed by atoms with Crippen LogP contribution in [0.15, 0.2) is 0 Å². The fourth-order valence-corrected chi connectivity index (χ4v) is 2.55. The minimum atomic E-state index is 0.250. The zero-order valence-corrected chi connectivity index (χ0v) is 17.5. The highest BCUT2D eigenvalue weighted by Crippen LogP contribution is 2.07. The number of hydrogen-bond donors (Lipinski definition) is 1. The van der Waals surface area contributed by atoms with E-state index in [1.165, 1.54) is 77.8 Å². The maximum Gasteiger partial charge on any atom is 0.0402 e. The van der Waals surface area contributed by atoms with Crippen LogP contribution in [0.25, 0.3) is 0 Å². The van der Waals surface area contributed by atoms with Gasteiger partial charge in [-0.1, -0.05) is 54.4 Å². The Hall–Kier alpha value is -0.120. The Morgan fingerprint density at radius 3 is 0.913 bits per heavy atom. The van der Waals surface area contributed by atoms with Gasteiger partial charge in [-0.15, -0.1) is 0 Å². The van der Waals surface area contributed by atoms with Crippen LogP contribution in [-0.2, 0) is 0 Å². The minimum Gasteiger partial charge on any atom is -0.397 e. The Bertz CT molecular complexity index is 147. The van der Waals surface area contributed by atoms with Crippen LogP contribution in [0, 0.1) is 0 Å². The van der Waals surface area contributed by atoms with Gasteiger partial charge in [-0.3, -0.25) is 0 Å². The molecule has 0 aromatic heterocycles. The maximum atomic E-state index is 7.57. The largest absolute Gasteiger partial charge is 0.397 e. The van der Waals surface area contributed by atoms with Crippen molar-refractivity contribution in [3.63, 3.8) is 0 Å². The molecular weight excluding hydrogens is 284 g/mol. The molecule has 2 aliphatic heterocycles.